The second-order valence-corrected chi connectivity index (χ2v) is 10.9. The summed E-state index contributed by atoms with van der Waals surface area (Å²) in [5, 5.41) is 3.47. The van der Waals surface area contributed by atoms with Gasteiger partial charge in [0.2, 0.25) is 11.8 Å². The van der Waals surface area contributed by atoms with Crippen LogP contribution < -0.4 is 9.62 Å². The summed E-state index contributed by atoms with van der Waals surface area (Å²) in [6.45, 7) is 2.84. The van der Waals surface area contributed by atoms with Crippen molar-refractivity contribution < 1.29 is 18.0 Å². The molecular formula is C26H27Cl2N3O4S. The standard InChI is InChI=1S/C26H27Cl2N3O4S/c1-18-14-22(28)12-13-24(18)31(36(34,35)23-10-5-4-6-11-23)17-25(32)30(19(2)26(33)29-3)16-20-8-7-9-21(27)15-20/h4-15,19H,16-17H2,1-3H3,(H,29,33). The Morgan fingerprint density at radius 1 is 0.944 bits per heavy atom. The van der Waals surface area contributed by atoms with Gasteiger partial charge in [-0.05, 0) is 67.4 Å². The van der Waals surface area contributed by atoms with Crippen LogP contribution in [0.5, 0.6) is 0 Å². The number of benzene rings is 3. The lowest BCUT2D eigenvalue weighted by atomic mass is 10.1. The molecule has 1 atom stereocenters. The van der Waals surface area contributed by atoms with E-state index < -0.39 is 28.5 Å². The smallest absolute Gasteiger partial charge is 0.264 e. The van der Waals surface area contributed by atoms with Gasteiger partial charge in [-0.2, -0.15) is 0 Å². The number of rotatable bonds is 9. The van der Waals surface area contributed by atoms with E-state index in [9.17, 15) is 18.0 Å². The van der Waals surface area contributed by atoms with Crippen LogP contribution in [0.1, 0.15) is 18.1 Å². The molecule has 7 nitrogen and oxygen atoms in total. The highest BCUT2D eigenvalue weighted by Gasteiger charge is 2.32. The van der Waals surface area contributed by atoms with Gasteiger partial charge in [0.1, 0.15) is 12.6 Å². The van der Waals surface area contributed by atoms with E-state index in [4.69, 9.17) is 23.2 Å². The number of nitrogens with zero attached hydrogens (tertiary/aromatic N) is 2. The summed E-state index contributed by atoms with van der Waals surface area (Å²) in [5.74, 6) is -0.939. The summed E-state index contributed by atoms with van der Waals surface area (Å²) >= 11 is 12.2. The van der Waals surface area contributed by atoms with Gasteiger partial charge < -0.3 is 10.2 Å². The Morgan fingerprint density at radius 2 is 1.61 bits per heavy atom. The number of nitrogens with one attached hydrogen (secondary N) is 1. The van der Waals surface area contributed by atoms with Crippen molar-refractivity contribution in [3.05, 3.63) is 94.0 Å². The third-order valence-electron chi connectivity index (χ3n) is 5.69. The third kappa shape index (κ3) is 6.37. The Bertz CT molecular complexity index is 1350. The molecule has 0 saturated heterocycles. The zero-order valence-electron chi connectivity index (χ0n) is 20.1. The number of hydrogen-bond donors (Lipinski definition) is 1. The zero-order valence-corrected chi connectivity index (χ0v) is 22.4. The lowest BCUT2D eigenvalue weighted by molar-refractivity contribution is -0.139. The van der Waals surface area contributed by atoms with Gasteiger partial charge in [0.05, 0.1) is 10.6 Å². The van der Waals surface area contributed by atoms with Crippen molar-refractivity contribution in [3.63, 3.8) is 0 Å². The van der Waals surface area contributed by atoms with E-state index >= 15 is 0 Å². The summed E-state index contributed by atoms with van der Waals surface area (Å²) in [6.07, 6.45) is 0. The number of amides is 2. The molecule has 0 aliphatic rings. The molecule has 1 unspecified atom stereocenters. The molecule has 0 fully saturated rings. The van der Waals surface area contributed by atoms with E-state index in [1.807, 2.05) is 0 Å². The molecule has 0 heterocycles. The van der Waals surface area contributed by atoms with Crippen LogP contribution >= 0.6 is 23.2 Å². The molecule has 0 aliphatic heterocycles. The average molecular weight is 548 g/mol. The molecule has 36 heavy (non-hydrogen) atoms. The van der Waals surface area contributed by atoms with Crippen LogP contribution in [-0.4, -0.2) is 44.8 Å². The van der Waals surface area contributed by atoms with Crippen LogP contribution in [0, 0.1) is 6.92 Å². The third-order valence-corrected chi connectivity index (χ3v) is 7.94. The van der Waals surface area contributed by atoms with Gasteiger partial charge in [-0.1, -0.05) is 53.5 Å². The van der Waals surface area contributed by atoms with Gasteiger partial charge in [0, 0.05) is 23.6 Å². The molecule has 190 valence electrons. The van der Waals surface area contributed by atoms with Crippen LogP contribution in [0.25, 0.3) is 0 Å². The van der Waals surface area contributed by atoms with Crippen molar-refractivity contribution in [2.75, 3.05) is 17.9 Å². The number of aryl methyl sites for hydroxylation is 1. The Balaban J connectivity index is 2.06. The number of anilines is 1. The average Bonchev–Trinajstić information content (AvgIpc) is 2.85. The predicted octanol–water partition coefficient (Wildman–Crippen LogP) is 4.66. The molecule has 10 heteroatoms. The zero-order chi connectivity index (χ0) is 26.5. The van der Waals surface area contributed by atoms with E-state index in [0.717, 1.165) is 4.31 Å². The SMILES string of the molecule is CNC(=O)C(C)N(Cc1cccc(Cl)c1)C(=O)CN(c1ccc(Cl)cc1C)S(=O)(=O)c1ccccc1. The predicted molar refractivity (Wildman–Crippen MR) is 143 cm³/mol. The molecule has 0 saturated carbocycles. The van der Waals surface area contributed by atoms with Gasteiger partial charge >= 0.3 is 0 Å². The van der Waals surface area contributed by atoms with E-state index in [1.165, 1.54) is 24.1 Å². The van der Waals surface area contributed by atoms with Gasteiger partial charge in [-0.15, -0.1) is 0 Å². The fraction of sp³-hybridized carbons (Fsp3) is 0.231. The van der Waals surface area contributed by atoms with Crippen molar-refractivity contribution in [3.8, 4) is 0 Å². The molecule has 3 aromatic rings. The number of carbonyl (C=O) groups excluding carboxylic acids is 2. The molecule has 3 rings (SSSR count). The molecule has 0 radical (unpaired) electrons. The van der Waals surface area contributed by atoms with Gasteiger partial charge in [0.15, 0.2) is 0 Å². The minimum atomic E-state index is -4.13. The lowest BCUT2D eigenvalue weighted by Gasteiger charge is -2.32. The normalized spacial score (nSPS) is 12.0. The van der Waals surface area contributed by atoms with Gasteiger partial charge in [0.25, 0.3) is 10.0 Å². The summed E-state index contributed by atoms with van der Waals surface area (Å²) in [6, 6.07) is 18.7. The summed E-state index contributed by atoms with van der Waals surface area (Å²) in [5.41, 5.74) is 1.59. The quantitative estimate of drug-likeness (QED) is 0.422. The van der Waals surface area contributed by atoms with Crippen molar-refractivity contribution in [2.45, 2.75) is 31.3 Å². The highest BCUT2D eigenvalue weighted by atomic mass is 35.5. The van der Waals surface area contributed by atoms with Crippen LogP contribution in [0.15, 0.2) is 77.7 Å². The lowest BCUT2D eigenvalue weighted by Crippen LogP contribution is -2.50. The van der Waals surface area contributed by atoms with E-state index in [2.05, 4.69) is 5.32 Å². The van der Waals surface area contributed by atoms with E-state index in [1.54, 1.807) is 74.5 Å². The first-order valence-electron chi connectivity index (χ1n) is 11.1. The highest BCUT2D eigenvalue weighted by Crippen LogP contribution is 2.29. The molecule has 0 spiro atoms. The second kappa shape index (κ2) is 11.8. The molecule has 2 amide bonds. The minimum absolute atomic E-state index is 0.0351. The van der Waals surface area contributed by atoms with E-state index in [-0.39, 0.29) is 17.3 Å². The van der Waals surface area contributed by atoms with Crippen molar-refractivity contribution in [1.82, 2.24) is 10.2 Å². The summed E-state index contributed by atoms with van der Waals surface area (Å²) in [4.78, 5) is 27.6. The summed E-state index contributed by atoms with van der Waals surface area (Å²) < 4.78 is 28.5. The minimum Gasteiger partial charge on any atom is -0.357 e. The molecule has 0 aromatic heterocycles. The van der Waals surface area contributed by atoms with Crippen molar-refractivity contribution in [1.29, 1.82) is 0 Å². The second-order valence-electron chi connectivity index (χ2n) is 8.20. The number of sulfonamides is 1. The summed E-state index contributed by atoms with van der Waals surface area (Å²) in [7, 11) is -2.65. The maximum absolute atomic E-state index is 13.7. The van der Waals surface area contributed by atoms with Crippen LogP contribution in [0.2, 0.25) is 10.0 Å². The molecule has 0 bridgehead atoms. The first-order valence-corrected chi connectivity index (χ1v) is 13.3. The highest BCUT2D eigenvalue weighted by molar-refractivity contribution is 7.92. The Hall–Kier alpha value is -3.07. The Morgan fingerprint density at radius 3 is 2.22 bits per heavy atom. The van der Waals surface area contributed by atoms with Gasteiger partial charge in [-0.25, -0.2) is 8.42 Å². The van der Waals surface area contributed by atoms with Crippen molar-refractivity contribution >= 4 is 50.7 Å². The number of halogens is 2. The largest absolute Gasteiger partial charge is 0.357 e. The Labute approximate surface area is 221 Å². The maximum Gasteiger partial charge on any atom is 0.264 e. The first-order chi connectivity index (χ1) is 17.0. The number of carbonyl (C=O) groups is 2. The monoisotopic (exact) mass is 547 g/mol. The van der Waals surface area contributed by atoms with Crippen LogP contribution in [0.4, 0.5) is 5.69 Å². The fourth-order valence-electron chi connectivity index (χ4n) is 3.76. The first kappa shape index (κ1) is 27.5. The van der Waals surface area contributed by atoms with Gasteiger partial charge in [-0.3, -0.25) is 13.9 Å². The number of likely N-dealkylation sites (N-methyl/N-ethyl adjacent to an activating group) is 1. The molecular weight excluding hydrogens is 521 g/mol. The van der Waals surface area contributed by atoms with Crippen LogP contribution in [0.3, 0.4) is 0 Å². The molecule has 3 aromatic carbocycles. The topological polar surface area (TPSA) is 86.8 Å². The van der Waals surface area contributed by atoms with E-state index in [0.29, 0.717) is 26.9 Å². The van der Waals surface area contributed by atoms with Crippen LogP contribution in [-0.2, 0) is 26.2 Å². The maximum atomic E-state index is 13.7. The Kier molecular flexibility index (Phi) is 9.00. The molecule has 1 N–H and O–H groups in total. The molecule has 0 aliphatic carbocycles. The van der Waals surface area contributed by atoms with Crippen molar-refractivity contribution in [2.24, 2.45) is 0 Å². The number of hydrogen-bond acceptors (Lipinski definition) is 4. The fourth-order valence-corrected chi connectivity index (χ4v) is 5.69.